The van der Waals surface area contributed by atoms with Crippen LogP contribution in [-0.4, -0.2) is 111 Å². The van der Waals surface area contributed by atoms with Crippen LogP contribution in [0.1, 0.15) is 0 Å². The third-order valence-electron chi connectivity index (χ3n) is 1.82. The van der Waals surface area contributed by atoms with Crippen molar-refractivity contribution >= 4 is 53.4 Å². The van der Waals surface area contributed by atoms with Crippen LogP contribution in [0.3, 0.4) is 0 Å². The summed E-state index contributed by atoms with van der Waals surface area (Å²) in [6, 6.07) is 0. The summed E-state index contributed by atoms with van der Waals surface area (Å²) in [4.78, 5) is 21.0. The van der Waals surface area contributed by atoms with Gasteiger partial charge in [-0.1, -0.05) is 0 Å². The molecule has 0 saturated carbocycles. The standard InChI is InChI=1S/2C4H11O6P.Ca/c2*1-9-11(7,8)10-4(2-5)3-6;/h2*4-6H,2-3H2,1H3,(H,7,8);/q;;+2/p-2. The molecule has 0 rings (SSSR count). The molecule has 0 saturated heterocycles. The molecule has 0 aliphatic carbocycles. The molecule has 0 aromatic rings. The molecule has 0 aliphatic rings. The number of phosphoric acid groups is 2. The van der Waals surface area contributed by atoms with E-state index >= 15 is 0 Å². The molecule has 23 heavy (non-hydrogen) atoms. The molecule has 0 aromatic heterocycles. The molecule has 0 radical (unpaired) electrons. The van der Waals surface area contributed by atoms with Gasteiger partial charge in [-0.25, -0.2) is 0 Å². The van der Waals surface area contributed by atoms with Gasteiger partial charge >= 0.3 is 37.7 Å². The predicted octanol–water partition coefficient (Wildman–Crippen LogP) is -3.44. The van der Waals surface area contributed by atoms with Crippen LogP contribution >= 0.6 is 15.6 Å². The van der Waals surface area contributed by atoms with Gasteiger partial charge in [-0.15, -0.1) is 0 Å². The third-order valence-corrected chi connectivity index (χ3v) is 3.83. The molecule has 0 fully saturated rings. The summed E-state index contributed by atoms with van der Waals surface area (Å²) in [5.74, 6) is 0. The summed E-state index contributed by atoms with van der Waals surface area (Å²) in [6.07, 6.45) is -2.28. The van der Waals surface area contributed by atoms with Crippen molar-refractivity contribution in [3.8, 4) is 0 Å². The smallest absolute Gasteiger partial charge is 0.756 e. The summed E-state index contributed by atoms with van der Waals surface area (Å²) in [7, 11) is -6.80. The maximum atomic E-state index is 10.5. The summed E-state index contributed by atoms with van der Waals surface area (Å²) in [5, 5.41) is 33.5. The van der Waals surface area contributed by atoms with Gasteiger partial charge < -0.3 is 48.3 Å². The van der Waals surface area contributed by atoms with Crippen molar-refractivity contribution in [3.05, 3.63) is 0 Å². The van der Waals surface area contributed by atoms with Crippen LogP contribution < -0.4 is 9.79 Å². The minimum absolute atomic E-state index is 0. The van der Waals surface area contributed by atoms with Gasteiger partial charge in [0.25, 0.3) is 15.6 Å². The van der Waals surface area contributed by atoms with Crippen molar-refractivity contribution in [1.82, 2.24) is 0 Å². The molecule has 0 aliphatic heterocycles. The van der Waals surface area contributed by atoms with Gasteiger partial charge in [0, 0.05) is 14.2 Å². The molecular formula is C8H20CaO12P2. The Hall–Kier alpha value is 1.32. The molecule has 136 valence electrons. The van der Waals surface area contributed by atoms with Crippen LogP contribution in [-0.2, 0) is 27.2 Å². The maximum Gasteiger partial charge on any atom is 2.00 e. The van der Waals surface area contributed by atoms with Gasteiger partial charge in [0.15, 0.2) is 0 Å². The zero-order valence-corrected chi connectivity index (χ0v) is 16.6. The van der Waals surface area contributed by atoms with Gasteiger partial charge in [-0.05, 0) is 0 Å². The minimum atomic E-state index is -4.33. The predicted molar refractivity (Wildman–Crippen MR) is 73.1 cm³/mol. The molecule has 0 spiro atoms. The summed E-state index contributed by atoms with van der Waals surface area (Å²) >= 11 is 0. The molecule has 2 unspecified atom stereocenters. The van der Waals surface area contributed by atoms with Crippen molar-refractivity contribution in [1.29, 1.82) is 0 Å². The molecule has 0 aromatic carbocycles. The first-order valence-corrected chi connectivity index (χ1v) is 8.57. The van der Waals surface area contributed by atoms with Gasteiger partial charge in [0.05, 0.1) is 26.4 Å². The number of hydrogen-bond acceptors (Lipinski definition) is 12. The van der Waals surface area contributed by atoms with Crippen LogP contribution in [0, 0.1) is 0 Å². The van der Waals surface area contributed by atoms with E-state index in [4.69, 9.17) is 20.4 Å². The van der Waals surface area contributed by atoms with E-state index in [1.807, 2.05) is 0 Å². The summed E-state index contributed by atoms with van der Waals surface area (Å²) < 4.78 is 37.2. The zero-order valence-electron chi connectivity index (χ0n) is 12.6. The van der Waals surface area contributed by atoms with Gasteiger partial charge in [-0.3, -0.25) is 9.13 Å². The van der Waals surface area contributed by atoms with E-state index in [1.54, 1.807) is 0 Å². The van der Waals surface area contributed by atoms with Crippen molar-refractivity contribution < 1.29 is 57.4 Å². The van der Waals surface area contributed by atoms with Crippen LogP contribution in [0.2, 0.25) is 0 Å². The van der Waals surface area contributed by atoms with E-state index < -0.39 is 54.3 Å². The average Bonchev–Trinajstić information content (AvgIpc) is 2.51. The zero-order chi connectivity index (χ0) is 17.8. The normalized spacial score (nSPS) is 16.1. The second-order valence-corrected chi connectivity index (χ2v) is 6.39. The van der Waals surface area contributed by atoms with Crippen LogP contribution in [0.15, 0.2) is 0 Å². The van der Waals surface area contributed by atoms with Crippen LogP contribution in [0.5, 0.6) is 0 Å². The molecular weight excluding hydrogens is 390 g/mol. The Morgan fingerprint density at radius 1 is 0.783 bits per heavy atom. The first kappa shape index (κ1) is 29.1. The minimum Gasteiger partial charge on any atom is -0.756 e. The third kappa shape index (κ3) is 16.5. The van der Waals surface area contributed by atoms with E-state index in [1.165, 1.54) is 0 Å². The Morgan fingerprint density at radius 3 is 1.13 bits per heavy atom. The SMILES string of the molecule is COP(=O)([O-])OC(CO)CO.COP(=O)([O-])OC(CO)CO.[Ca+2]. The molecule has 2 atom stereocenters. The fourth-order valence-corrected chi connectivity index (χ4v) is 1.87. The molecule has 4 N–H and O–H groups in total. The second-order valence-electron chi connectivity index (χ2n) is 3.44. The molecule has 12 nitrogen and oxygen atoms in total. The Kier molecular flexibility index (Phi) is 19.7. The van der Waals surface area contributed by atoms with Gasteiger partial charge in [0.1, 0.15) is 12.2 Å². The van der Waals surface area contributed by atoms with E-state index in [-0.39, 0.29) is 37.7 Å². The molecule has 15 heteroatoms. The fourth-order valence-electron chi connectivity index (χ4n) is 0.700. The first-order valence-electron chi connectivity index (χ1n) is 5.65. The summed E-state index contributed by atoms with van der Waals surface area (Å²) in [5.41, 5.74) is 0. The van der Waals surface area contributed by atoms with Crippen molar-refractivity contribution in [2.24, 2.45) is 0 Å². The largest absolute Gasteiger partial charge is 2.00 e. The maximum absolute atomic E-state index is 10.5. The Morgan fingerprint density at radius 2 is 1.00 bits per heavy atom. The van der Waals surface area contributed by atoms with Crippen LogP contribution in [0.25, 0.3) is 0 Å². The monoisotopic (exact) mass is 410 g/mol. The van der Waals surface area contributed by atoms with Crippen molar-refractivity contribution in [2.75, 3.05) is 40.6 Å². The number of aliphatic hydroxyl groups excluding tert-OH is 4. The molecule has 0 amide bonds. The molecule has 0 bridgehead atoms. The number of rotatable bonds is 10. The Labute approximate surface area is 163 Å². The quantitative estimate of drug-likeness (QED) is 0.206. The van der Waals surface area contributed by atoms with E-state index in [0.29, 0.717) is 0 Å². The Balaban J connectivity index is -0.000000333. The Bertz CT molecular complexity index is 327. The molecule has 0 heterocycles. The topological polar surface area (TPSA) is 198 Å². The van der Waals surface area contributed by atoms with Crippen LogP contribution in [0.4, 0.5) is 0 Å². The average molecular weight is 410 g/mol. The second kappa shape index (κ2) is 15.6. The van der Waals surface area contributed by atoms with E-state index in [2.05, 4.69) is 18.1 Å². The summed E-state index contributed by atoms with van der Waals surface area (Å²) in [6.45, 7) is -2.31. The van der Waals surface area contributed by atoms with E-state index in [0.717, 1.165) is 14.2 Å². The van der Waals surface area contributed by atoms with Gasteiger partial charge in [-0.2, -0.15) is 0 Å². The number of hydrogen-bond donors (Lipinski definition) is 4. The van der Waals surface area contributed by atoms with Crippen molar-refractivity contribution in [2.45, 2.75) is 12.2 Å². The van der Waals surface area contributed by atoms with Gasteiger partial charge in [0.2, 0.25) is 0 Å². The van der Waals surface area contributed by atoms with Crippen molar-refractivity contribution in [3.63, 3.8) is 0 Å². The van der Waals surface area contributed by atoms with E-state index in [9.17, 15) is 18.9 Å². The number of aliphatic hydroxyl groups is 4. The first-order chi connectivity index (χ1) is 10.1. The fraction of sp³-hybridized carbons (Fsp3) is 1.00. The number of phosphoric ester groups is 2.